The average Bonchev–Trinajstić information content (AvgIpc) is 3.36. The molecule has 0 radical (unpaired) electrons. The van der Waals surface area contributed by atoms with Crippen molar-refractivity contribution in [3.8, 4) is 0 Å². The van der Waals surface area contributed by atoms with Crippen LogP contribution in [0.4, 0.5) is 0 Å². The fourth-order valence-electron chi connectivity index (χ4n) is 2.95. The van der Waals surface area contributed by atoms with Gasteiger partial charge in [0.05, 0.1) is 12.8 Å². The van der Waals surface area contributed by atoms with Gasteiger partial charge in [-0.1, -0.05) is 30.3 Å². The molecule has 0 unspecified atom stereocenters. The van der Waals surface area contributed by atoms with E-state index in [9.17, 15) is 9.59 Å². The van der Waals surface area contributed by atoms with Gasteiger partial charge in [0, 0.05) is 18.5 Å². The number of hydrogen-bond acceptors (Lipinski definition) is 3. The third kappa shape index (κ3) is 4.75. The monoisotopic (exact) mass is 354 g/mol. The van der Waals surface area contributed by atoms with Crippen molar-refractivity contribution in [1.82, 2.24) is 9.80 Å². The van der Waals surface area contributed by atoms with Crippen molar-refractivity contribution in [1.29, 1.82) is 0 Å². The van der Waals surface area contributed by atoms with E-state index in [2.05, 4.69) is 0 Å². The summed E-state index contributed by atoms with van der Waals surface area (Å²) >= 11 is 0. The zero-order valence-electron chi connectivity index (χ0n) is 15.4. The molecule has 1 fully saturated rings. The van der Waals surface area contributed by atoms with Crippen molar-refractivity contribution in [2.24, 2.45) is 5.92 Å². The molecule has 0 aliphatic heterocycles. The van der Waals surface area contributed by atoms with Gasteiger partial charge in [0.15, 0.2) is 0 Å². The molecule has 2 amide bonds. The predicted octanol–water partition coefficient (Wildman–Crippen LogP) is 3.46. The SMILES string of the molecule is CC(C)N(CC(=O)N(Cc1ccccc1)Cc1ccco1)C(=O)C1CC1. The number of amides is 2. The largest absolute Gasteiger partial charge is 0.467 e. The minimum atomic E-state index is -0.0621. The Morgan fingerprint density at radius 2 is 1.81 bits per heavy atom. The lowest BCUT2D eigenvalue weighted by Gasteiger charge is -2.30. The second kappa shape index (κ2) is 8.21. The van der Waals surface area contributed by atoms with Crippen molar-refractivity contribution in [3.63, 3.8) is 0 Å². The molecule has 1 aromatic carbocycles. The zero-order chi connectivity index (χ0) is 18.5. The van der Waals surface area contributed by atoms with Crippen LogP contribution in [0, 0.1) is 5.92 Å². The lowest BCUT2D eigenvalue weighted by Crippen LogP contribution is -2.46. The Hall–Kier alpha value is -2.56. The summed E-state index contributed by atoms with van der Waals surface area (Å²) in [5.74, 6) is 0.885. The van der Waals surface area contributed by atoms with Crippen LogP contribution >= 0.6 is 0 Å². The van der Waals surface area contributed by atoms with E-state index in [1.54, 1.807) is 16.1 Å². The summed E-state index contributed by atoms with van der Waals surface area (Å²) in [4.78, 5) is 29.0. The number of benzene rings is 1. The van der Waals surface area contributed by atoms with Crippen LogP contribution in [0.15, 0.2) is 53.1 Å². The zero-order valence-corrected chi connectivity index (χ0v) is 15.4. The maximum atomic E-state index is 13.0. The molecule has 26 heavy (non-hydrogen) atoms. The smallest absolute Gasteiger partial charge is 0.242 e. The van der Waals surface area contributed by atoms with E-state index in [0.717, 1.165) is 24.2 Å². The van der Waals surface area contributed by atoms with Crippen LogP contribution < -0.4 is 0 Å². The molecule has 1 aromatic heterocycles. The highest BCUT2D eigenvalue weighted by atomic mass is 16.3. The van der Waals surface area contributed by atoms with Crippen molar-refractivity contribution in [3.05, 3.63) is 60.1 Å². The molecule has 0 atom stereocenters. The molecular formula is C21H26N2O3. The molecule has 0 spiro atoms. The minimum absolute atomic E-state index is 0.00855. The summed E-state index contributed by atoms with van der Waals surface area (Å²) in [5.41, 5.74) is 1.05. The molecule has 0 bridgehead atoms. The van der Waals surface area contributed by atoms with Crippen LogP contribution in [-0.2, 0) is 22.7 Å². The highest BCUT2D eigenvalue weighted by Gasteiger charge is 2.35. The van der Waals surface area contributed by atoms with Gasteiger partial charge >= 0.3 is 0 Å². The Bertz CT molecular complexity index is 721. The highest BCUT2D eigenvalue weighted by Crippen LogP contribution is 2.31. The lowest BCUT2D eigenvalue weighted by molar-refractivity contribution is -0.143. The topological polar surface area (TPSA) is 53.8 Å². The maximum Gasteiger partial charge on any atom is 0.242 e. The Balaban J connectivity index is 1.73. The maximum absolute atomic E-state index is 13.0. The van der Waals surface area contributed by atoms with Gasteiger partial charge in [0.25, 0.3) is 0 Å². The summed E-state index contributed by atoms with van der Waals surface area (Å²) in [6, 6.07) is 13.6. The number of carbonyl (C=O) groups is 2. The summed E-state index contributed by atoms with van der Waals surface area (Å²) in [5, 5.41) is 0. The fourth-order valence-corrected chi connectivity index (χ4v) is 2.95. The van der Waals surface area contributed by atoms with Gasteiger partial charge in [-0.2, -0.15) is 0 Å². The number of rotatable bonds is 8. The summed E-state index contributed by atoms with van der Waals surface area (Å²) in [7, 11) is 0. The molecule has 1 aliphatic rings. The Morgan fingerprint density at radius 3 is 2.38 bits per heavy atom. The lowest BCUT2D eigenvalue weighted by atomic mass is 10.2. The van der Waals surface area contributed by atoms with E-state index < -0.39 is 0 Å². The van der Waals surface area contributed by atoms with E-state index >= 15 is 0 Å². The van der Waals surface area contributed by atoms with Crippen LogP contribution in [0.5, 0.6) is 0 Å². The van der Waals surface area contributed by atoms with Crippen LogP contribution in [0.1, 0.15) is 38.0 Å². The number of furan rings is 1. The first kappa shape index (κ1) is 18.2. The third-order valence-electron chi connectivity index (χ3n) is 4.63. The third-order valence-corrected chi connectivity index (χ3v) is 4.63. The molecule has 138 valence electrons. The van der Waals surface area contributed by atoms with Crippen LogP contribution in [0.3, 0.4) is 0 Å². The van der Waals surface area contributed by atoms with Gasteiger partial charge in [-0.05, 0) is 44.4 Å². The van der Waals surface area contributed by atoms with E-state index in [1.165, 1.54) is 0 Å². The molecule has 1 heterocycles. The molecular weight excluding hydrogens is 328 g/mol. The Kier molecular flexibility index (Phi) is 5.76. The summed E-state index contributed by atoms with van der Waals surface area (Å²) in [6.45, 7) is 4.91. The second-order valence-corrected chi connectivity index (χ2v) is 7.15. The van der Waals surface area contributed by atoms with Crippen molar-refractivity contribution in [2.75, 3.05) is 6.54 Å². The molecule has 3 rings (SSSR count). The van der Waals surface area contributed by atoms with E-state index in [1.807, 2.05) is 56.3 Å². The molecule has 1 saturated carbocycles. The van der Waals surface area contributed by atoms with Crippen LogP contribution in [-0.4, -0.2) is 34.2 Å². The van der Waals surface area contributed by atoms with Crippen LogP contribution in [0.2, 0.25) is 0 Å². The van der Waals surface area contributed by atoms with Gasteiger partial charge in [-0.15, -0.1) is 0 Å². The fraction of sp³-hybridized carbons (Fsp3) is 0.429. The van der Waals surface area contributed by atoms with E-state index in [4.69, 9.17) is 4.42 Å². The van der Waals surface area contributed by atoms with Crippen LogP contribution in [0.25, 0.3) is 0 Å². The highest BCUT2D eigenvalue weighted by molar-refractivity contribution is 5.87. The van der Waals surface area contributed by atoms with E-state index in [0.29, 0.717) is 13.1 Å². The molecule has 2 aromatic rings. The quantitative estimate of drug-likeness (QED) is 0.729. The molecule has 0 N–H and O–H groups in total. The Labute approximate surface area is 154 Å². The van der Waals surface area contributed by atoms with E-state index in [-0.39, 0.29) is 30.3 Å². The second-order valence-electron chi connectivity index (χ2n) is 7.15. The molecule has 5 heteroatoms. The summed E-state index contributed by atoms with van der Waals surface area (Å²) < 4.78 is 5.43. The first-order valence-corrected chi connectivity index (χ1v) is 9.19. The minimum Gasteiger partial charge on any atom is -0.467 e. The van der Waals surface area contributed by atoms with Gasteiger partial charge < -0.3 is 14.2 Å². The normalized spacial score (nSPS) is 13.7. The van der Waals surface area contributed by atoms with Gasteiger partial charge in [-0.25, -0.2) is 0 Å². The first-order chi connectivity index (χ1) is 12.5. The predicted molar refractivity (Wildman–Crippen MR) is 99.0 cm³/mol. The first-order valence-electron chi connectivity index (χ1n) is 9.19. The van der Waals surface area contributed by atoms with Crippen molar-refractivity contribution < 1.29 is 14.0 Å². The van der Waals surface area contributed by atoms with Gasteiger partial charge in [-0.3, -0.25) is 9.59 Å². The molecule has 5 nitrogen and oxygen atoms in total. The summed E-state index contributed by atoms with van der Waals surface area (Å²) in [6.07, 6.45) is 3.49. The van der Waals surface area contributed by atoms with Crippen molar-refractivity contribution >= 4 is 11.8 Å². The van der Waals surface area contributed by atoms with Gasteiger partial charge in [0.2, 0.25) is 11.8 Å². The number of carbonyl (C=O) groups excluding carboxylic acids is 2. The molecule has 1 aliphatic carbocycles. The Morgan fingerprint density at radius 1 is 1.08 bits per heavy atom. The number of hydrogen-bond donors (Lipinski definition) is 0. The standard InChI is InChI=1S/C21H26N2O3/c1-16(2)23(21(25)18-10-11-18)15-20(24)22(14-19-9-6-12-26-19)13-17-7-4-3-5-8-17/h3-9,12,16,18H,10-11,13-15H2,1-2H3. The molecule has 0 saturated heterocycles. The number of nitrogens with zero attached hydrogens (tertiary/aromatic N) is 2. The average molecular weight is 354 g/mol. The van der Waals surface area contributed by atoms with Gasteiger partial charge in [0.1, 0.15) is 12.3 Å². The van der Waals surface area contributed by atoms with Crippen molar-refractivity contribution in [2.45, 2.75) is 45.8 Å².